The molecule has 1 aliphatic rings. The van der Waals surface area contributed by atoms with E-state index in [0.29, 0.717) is 23.4 Å². The number of aliphatic hydroxyl groups excluding tert-OH is 3. The first-order valence-electron chi connectivity index (χ1n) is 5.36. The molecule has 0 amide bonds. The summed E-state index contributed by atoms with van der Waals surface area (Å²) in [5, 5.41) is 26.7. The summed E-state index contributed by atoms with van der Waals surface area (Å²) < 4.78 is 5.61. The van der Waals surface area contributed by atoms with Crippen LogP contribution in [0.15, 0.2) is 17.0 Å². The minimum absolute atomic E-state index is 0.238. The van der Waals surface area contributed by atoms with Crippen molar-refractivity contribution in [3.05, 3.63) is 17.0 Å². The van der Waals surface area contributed by atoms with E-state index in [1.807, 2.05) is 0 Å². The number of anilines is 1. The fourth-order valence-electron chi connectivity index (χ4n) is 1.37. The molecule has 18 heavy (non-hydrogen) atoms. The third kappa shape index (κ3) is 4.83. The largest absolute Gasteiger partial charge is 0.394 e. The van der Waals surface area contributed by atoms with E-state index in [0.717, 1.165) is 0 Å². The van der Waals surface area contributed by atoms with E-state index in [9.17, 15) is 0 Å². The highest BCUT2D eigenvalue weighted by atomic mass is 79.9. The lowest BCUT2D eigenvalue weighted by atomic mass is 10.0. The van der Waals surface area contributed by atoms with Gasteiger partial charge in [0, 0.05) is 6.61 Å². The Labute approximate surface area is 113 Å². The molecule has 0 radical (unpaired) electrons. The summed E-state index contributed by atoms with van der Waals surface area (Å²) in [4.78, 5) is 7.55. The zero-order chi connectivity index (χ0) is 13.5. The Morgan fingerprint density at radius 2 is 2.17 bits per heavy atom. The third-order valence-corrected chi connectivity index (χ3v) is 2.71. The number of nitrogen functional groups attached to an aromatic ring is 1. The van der Waals surface area contributed by atoms with Gasteiger partial charge in [-0.15, -0.1) is 0 Å². The molecule has 8 heteroatoms. The van der Waals surface area contributed by atoms with Gasteiger partial charge in [0.25, 0.3) is 0 Å². The van der Waals surface area contributed by atoms with Crippen LogP contribution in [0.5, 0.6) is 0 Å². The average molecular weight is 322 g/mol. The molecule has 2 rings (SSSR count). The molecule has 5 N–H and O–H groups in total. The van der Waals surface area contributed by atoms with Crippen LogP contribution in [0.1, 0.15) is 6.42 Å². The van der Waals surface area contributed by atoms with Gasteiger partial charge in [0.05, 0.1) is 25.1 Å². The van der Waals surface area contributed by atoms with Crippen molar-refractivity contribution < 1.29 is 20.1 Å². The normalized spacial score (nSPS) is 27.2. The maximum atomic E-state index is 9.10. The molecule has 0 aliphatic carbocycles. The minimum Gasteiger partial charge on any atom is -0.394 e. The van der Waals surface area contributed by atoms with E-state index in [4.69, 9.17) is 25.8 Å². The summed E-state index contributed by atoms with van der Waals surface area (Å²) in [6.07, 6.45) is 1.23. The van der Waals surface area contributed by atoms with Gasteiger partial charge >= 0.3 is 0 Å². The second-order valence-corrected chi connectivity index (χ2v) is 4.52. The Kier molecular flexibility index (Phi) is 6.44. The van der Waals surface area contributed by atoms with E-state index in [-0.39, 0.29) is 6.61 Å². The van der Waals surface area contributed by atoms with E-state index >= 15 is 0 Å². The van der Waals surface area contributed by atoms with Crippen LogP contribution in [-0.4, -0.2) is 56.8 Å². The lowest BCUT2D eigenvalue weighted by Gasteiger charge is -2.30. The third-order valence-electron chi connectivity index (χ3n) is 2.32. The number of hydrogen-bond acceptors (Lipinski definition) is 7. The molecule has 3 unspecified atom stereocenters. The number of hydrogen-bond donors (Lipinski definition) is 4. The predicted molar refractivity (Wildman–Crippen MR) is 67.6 cm³/mol. The minimum atomic E-state index is -0.932. The molecule has 1 aliphatic heterocycles. The number of halogens is 1. The molecule has 1 aromatic rings. The summed E-state index contributed by atoms with van der Waals surface area (Å²) in [6.45, 7) is 0.168. The molecule has 7 nitrogen and oxygen atoms in total. The van der Waals surface area contributed by atoms with Crippen molar-refractivity contribution in [1.82, 2.24) is 9.97 Å². The summed E-state index contributed by atoms with van der Waals surface area (Å²) in [5.74, 6) is 0.430. The Morgan fingerprint density at radius 3 is 2.61 bits per heavy atom. The number of aromatic nitrogens is 2. The highest BCUT2D eigenvalue weighted by Gasteiger charge is 2.30. The van der Waals surface area contributed by atoms with Crippen LogP contribution in [0, 0.1) is 0 Å². The Hall–Kier alpha value is -0.800. The van der Waals surface area contributed by atoms with Crippen LogP contribution in [0.25, 0.3) is 0 Å². The lowest BCUT2D eigenvalue weighted by Crippen LogP contribution is -2.46. The highest BCUT2D eigenvalue weighted by molar-refractivity contribution is 9.10. The van der Waals surface area contributed by atoms with Gasteiger partial charge in [-0.2, -0.15) is 0 Å². The van der Waals surface area contributed by atoms with E-state index in [1.165, 1.54) is 6.20 Å². The standard InChI is InChI=1S/C6H12O4.C4H4BrN3/c7-3-5-6(9)4(8)1-2-10-5;5-3-1-7-2-4(6)8-3/h4-9H,1-3H2;1-2H,(H2,6,8). The van der Waals surface area contributed by atoms with Crippen molar-refractivity contribution in [3.8, 4) is 0 Å². The molecule has 3 atom stereocenters. The van der Waals surface area contributed by atoms with Gasteiger partial charge in [-0.1, -0.05) is 0 Å². The molecule has 0 spiro atoms. The molecule has 102 valence electrons. The summed E-state index contributed by atoms with van der Waals surface area (Å²) in [6, 6.07) is 0. The van der Waals surface area contributed by atoms with Crippen molar-refractivity contribution >= 4 is 21.7 Å². The molecule has 1 aromatic heterocycles. The molecule has 2 heterocycles. The Balaban J connectivity index is 0.000000184. The summed E-state index contributed by atoms with van der Waals surface area (Å²) >= 11 is 3.11. The quantitative estimate of drug-likeness (QED) is 0.540. The van der Waals surface area contributed by atoms with Gasteiger partial charge < -0.3 is 25.8 Å². The molecular formula is C10H16BrN3O4. The number of nitrogens with zero attached hydrogens (tertiary/aromatic N) is 2. The van der Waals surface area contributed by atoms with Crippen molar-refractivity contribution in [1.29, 1.82) is 0 Å². The van der Waals surface area contributed by atoms with Crippen molar-refractivity contribution in [2.45, 2.75) is 24.7 Å². The zero-order valence-electron chi connectivity index (χ0n) is 9.61. The summed E-state index contributed by atoms with van der Waals surface area (Å²) in [5.41, 5.74) is 5.26. The van der Waals surface area contributed by atoms with Crippen LogP contribution in [0.4, 0.5) is 5.82 Å². The first-order chi connectivity index (χ1) is 8.54. The van der Waals surface area contributed by atoms with Crippen LogP contribution >= 0.6 is 15.9 Å². The van der Waals surface area contributed by atoms with Gasteiger partial charge in [0.2, 0.25) is 0 Å². The number of nitrogens with two attached hydrogens (primary N) is 1. The second kappa shape index (κ2) is 7.59. The predicted octanol–water partition coefficient (Wildman–Crippen LogP) is -0.689. The molecule has 1 saturated heterocycles. The van der Waals surface area contributed by atoms with Crippen LogP contribution in [-0.2, 0) is 4.74 Å². The topological polar surface area (TPSA) is 122 Å². The van der Waals surface area contributed by atoms with Crippen LogP contribution in [0.3, 0.4) is 0 Å². The SMILES string of the molecule is Nc1cncc(Br)n1.OCC1OCCC(O)C1O. The maximum absolute atomic E-state index is 9.10. The number of rotatable bonds is 1. The van der Waals surface area contributed by atoms with Crippen LogP contribution < -0.4 is 5.73 Å². The van der Waals surface area contributed by atoms with Gasteiger partial charge in [-0.25, -0.2) is 4.98 Å². The van der Waals surface area contributed by atoms with Crippen molar-refractivity contribution in [2.75, 3.05) is 18.9 Å². The number of ether oxygens (including phenoxy) is 1. The lowest BCUT2D eigenvalue weighted by molar-refractivity contribution is -0.147. The summed E-state index contributed by atoms with van der Waals surface area (Å²) in [7, 11) is 0. The second-order valence-electron chi connectivity index (χ2n) is 3.71. The molecule has 1 fully saturated rings. The van der Waals surface area contributed by atoms with Crippen molar-refractivity contribution in [3.63, 3.8) is 0 Å². The smallest absolute Gasteiger partial charge is 0.143 e. The van der Waals surface area contributed by atoms with Crippen molar-refractivity contribution in [2.24, 2.45) is 0 Å². The van der Waals surface area contributed by atoms with E-state index in [2.05, 4.69) is 25.9 Å². The first-order valence-corrected chi connectivity index (χ1v) is 6.15. The van der Waals surface area contributed by atoms with E-state index < -0.39 is 18.3 Å². The van der Waals surface area contributed by atoms with E-state index in [1.54, 1.807) is 6.20 Å². The molecular weight excluding hydrogens is 306 g/mol. The molecule has 0 saturated carbocycles. The monoisotopic (exact) mass is 321 g/mol. The Bertz CT molecular complexity index is 351. The van der Waals surface area contributed by atoms with Gasteiger partial charge in [0.15, 0.2) is 0 Å². The Morgan fingerprint density at radius 1 is 1.44 bits per heavy atom. The fraction of sp³-hybridized carbons (Fsp3) is 0.600. The maximum Gasteiger partial charge on any atom is 0.143 e. The number of aliphatic hydroxyl groups is 3. The van der Waals surface area contributed by atoms with Gasteiger partial charge in [0.1, 0.15) is 22.6 Å². The fourth-order valence-corrected chi connectivity index (χ4v) is 1.70. The van der Waals surface area contributed by atoms with Gasteiger partial charge in [-0.05, 0) is 22.4 Å². The van der Waals surface area contributed by atoms with Crippen LogP contribution in [0.2, 0.25) is 0 Å². The van der Waals surface area contributed by atoms with Gasteiger partial charge in [-0.3, -0.25) is 4.98 Å². The highest BCUT2D eigenvalue weighted by Crippen LogP contribution is 2.13. The first kappa shape index (κ1) is 15.3. The molecule has 0 aromatic carbocycles. The zero-order valence-corrected chi connectivity index (χ0v) is 11.2. The molecule has 0 bridgehead atoms. The average Bonchev–Trinajstić information content (AvgIpc) is 2.33.